The van der Waals surface area contributed by atoms with Crippen LogP contribution in [-0.4, -0.2) is 59.3 Å². The predicted octanol–water partition coefficient (Wildman–Crippen LogP) is 2.81. The molecule has 1 aromatic carbocycles. The highest BCUT2D eigenvalue weighted by Crippen LogP contribution is 2.25. The van der Waals surface area contributed by atoms with Gasteiger partial charge >= 0.3 is 0 Å². The van der Waals surface area contributed by atoms with E-state index in [4.69, 9.17) is 0 Å². The van der Waals surface area contributed by atoms with Crippen LogP contribution in [0.4, 0.5) is 5.82 Å². The van der Waals surface area contributed by atoms with E-state index < -0.39 is 5.41 Å². The number of benzene rings is 1. The Hall–Kier alpha value is -2.89. The van der Waals surface area contributed by atoms with Crippen molar-refractivity contribution in [2.45, 2.75) is 27.3 Å². The van der Waals surface area contributed by atoms with Crippen LogP contribution in [0, 0.1) is 5.41 Å². The lowest BCUT2D eigenvalue weighted by Crippen LogP contribution is -2.56. The molecule has 1 saturated heterocycles. The Morgan fingerprint density at radius 1 is 1.00 bits per heavy atom. The van der Waals surface area contributed by atoms with E-state index in [0.29, 0.717) is 39.3 Å². The molecule has 0 spiro atoms. The first-order valence-corrected chi connectivity index (χ1v) is 10.2. The highest BCUT2D eigenvalue weighted by Gasteiger charge is 2.42. The molecular weight excluding hydrogens is 364 g/mol. The van der Waals surface area contributed by atoms with E-state index in [1.807, 2.05) is 60.4 Å². The van der Waals surface area contributed by atoms with Gasteiger partial charge in [0.05, 0.1) is 0 Å². The van der Waals surface area contributed by atoms with Crippen LogP contribution >= 0.6 is 0 Å². The number of nitrogens with zero attached hydrogens (tertiary/aromatic N) is 4. The summed E-state index contributed by atoms with van der Waals surface area (Å²) in [6, 6.07) is 15.7. The molecule has 2 heterocycles. The van der Waals surface area contributed by atoms with Crippen molar-refractivity contribution in [2.24, 2.45) is 5.41 Å². The summed E-state index contributed by atoms with van der Waals surface area (Å²) in [4.78, 5) is 36.6. The second-order valence-corrected chi connectivity index (χ2v) is 7.90. The molecule has 0 aliphatic carbocycles. The van der Waals surface area contributed by atoms with Crippen LogP contribution in [0.15, 0.2) is 54.7 Å². The summed E-state index contributed by atoms with van der Waals surface area (Å²) in [7, 11) is 0. The SMILES string of the molecule is CCN(Cc1ccccc1)C(=O)C(C)(C)C(=O)N1CCN(c2ccccn2)CC1. The molecule has 1 aliphatic rings. The molecule has 3 rings (SSSR count). The van der Waals surface area contributed by atoms with Gasteiger partial charge in [0.2, 0.25) is 11.8 Å². The summed E-state index contributed by atoms with van der Waals surface area (Å²) in [5.74, 6) is 0.700. The van der Waals surface area contributed by atoms with Crippen molar-refractivity contribution in [3.8, 4) is 0 Å². The molecule has 0 bridgehead atoms. The number of rotatable bonds is 6. The standard InChI is InChI=1S/C23H30N4O2/c1-4-25(18-19-10-6-5-7-11-19)21(28)23(2,3)22(29)27-16-14-26(15-17-27)20-12-8-9-13-24-20/h5-13H,4,14-18H2,1-3H3. The number of hydrogen-bond acceptors (Lipinski definition) is 4. The van der Waals surface area contributed by atoms with Gasteiger partial charge in [-0.2, -0.15) is 0 Å². The quantitative estimate of drug-likeness (QED) is 0.707. The van der Waals surface area contributed by atoms with Gasteiger partial charge in [0.1, 0.15) is 11.2 Å². The van der Waals surface area contributed by atoms with Crippen LogP contribution in [0.25, 0.3) is 0 Å². The maximum Gasteiger partial charge on any atom is 0.237 e. The van der Waals surface area contributed by atoms with Crippen molar-refractivity contribution in [3.63, 3.8) is 0 Å². The van der Waals surface area contributed by atoms with E-state index >= 15 is 0 Å². The van der Waals surface area contributed by atoms with Crippen molar-refractivity contribution in [1.82, 2.24) is 14.8 Å². The van der Waals surface area contributed by atoms with Crippen LogP contribution in [0.2, 0.25) is 0 Å². The summed E-state index contributed by atoms with van der Waals surface area (Å²) in [5.41, 5.74) is -0.0206. The summed E-state index contributed by atoms with van der Waals surface area (Å²) in [6.45, 7) is 9.15. The smallest absolute Gasteiger partial charge is 0.237 e. The van der Waals surface area contributed by atoms with E-state index in [1.165, 1.54) is 0 Å². The molecule has 1 aromatic heterocycles. The lowest BCUT2D eigenvalue weighted by molar-refractivity contribution is -0.154. The van der Waals surface area contributed by atoms with Crippen molar-refractivity contribution in [1.29, 1.82) is 0 Å². The molecule has 154 valence electrons. The molecule has 1 aliphatic heterocycles. The summed E-state index contributed by atoms with van der Waals surface area (Å²) in [5, 5.41) is 0. The third-order valence-electron chi connectivity index (χ3n) is 5.49. The third-order valence-corrected chi connectivity index (χ3v) is 5.49. The van der Waals surface area contributed by atoms with E-state index in [-0.39, 0.29) is 11.8 Å². The number of carbonyl (C=O) groups excluding carboxylic acids is 2. The van der Waals surface area contributed by atoms with Crippen LogP contribution < -0.4 is 4.90 Å². The Bertz CT molecular complexity index is 815. The second kappa shape index (κ2) is 9.07. The molecule has 6 nitrogen and oxygen atoms in total. The van der Waals surface area contributed by atoms with E-state index in [0.717, 1.165) is 11.4 Å². The fraction of sp³-hybridized carbons (Fsp3) is 0.435. The van der Waals surface area contributed by atoms with Crippen molar-refractivity contribution >= 4 is 17.6 Å². The predicted molar refractivity (Wildman–Crippen MR) is 114 cm³/mol. The van der Waals surface area contributed by atoms with E-state index in [2.05, 4.69) is 9.88 Å². The Kier molecular flexibility index (Phi) is 6.52. The van der Waals surface area contributed by atoms with Crippen LogP contribution in [0.5, 0.6) is 0 Å². The zero-order valence-corrected chi connectivity index (χ0v) is 17.5. The third kappa shape index (κ3) is 4.75. The summed E-state index contributed by atoms with van der Waals surface area (Å²) >= 11 is 0. The minimum absolute atomic E-state index is 0.102. The molecule has 0 atom stereocenters. The lowest BCUT2D eigenvalue weighted by atomic mass is 9.89. The van der Waals surface area contributed by atoms with Crippen molar-refractivity contribution in [3.05, 3.63) is 60.3 Å². The van der Waals surface area contributed by atoms with Gasteiger partial charge < -0.3 is 14.7 Å². The van der Waals surface area contributed by atoms with Gasteiger partial charge in [-0.1, -0.05) is 36.4 Å². The molecular formula is C23H30N4O2. The second-order valence-electron chi connectivity index (χ2n) is 7.90. The normalized spacial score (nSPS) is 14.6. The van der Waals surface area contributed by atoms with Gasteiger partial charge in [0.25, 0.3) is 0 Å². The van der Waals surface area contributed by atoms with Gasteiger partial charge in [0, 0.05) is 45.5 Å². The zero-order valence-electron chi connectivity index (χ0n) is 17.5. The van der Waals surface area contributed by atoms with Crippen molar-refractivity contribution < 1.29 is 9.59 Å². The highest BCUT2D eigenvalue weighted by molar-refractivity contribution is 6.04. The molecule has 1 fully saturated rings. The maximum atomic E-state index is 13.2. The Balaban J connectivity index is 1.63. The van der Waals surface area contributed by atoms with Crippen LogP contribution in [0.1, 0.15) is 26.3 Å². The number of hydrogen-bond donors (Lipinski definition) is 0. The fourth-order valence-electron chi connectivity index (χ4n) is 3.69. The topological polar surface area (TPSA) is 56.8 Å². The minimum Gasteiger partial charge on any atom is -0.353 e. The zero-order chi connectivity index (χ0) is 20.9. The van der Waals surface area contributed by atoms with Gasteiger partial charge in [0.15, 0.2) is 0 Å². The number of pyridine rings is 1. The Labute approximate surface area is 173 Å². The first-order chi connectivity index (χ1) is 13.9. The number of amides is 2. The first-order valence-electron chi connectivity index (χ1n) is 10.2. The Morgan fingerprint density at radius 2 is 1.66 bits per heavy atom. The van der Waals surface area contributed by atoms with Gasteiger partial charge in [-0.25, -0.2) is 4.98 Å². The van der Waals surface area contributed by atoms with E-state index in [1.54, 1.807) is 24.9 Å². The molecule has 0 N–H and O–H groups in total. The number of carbonyl (C=O) groups is 2. The van der Waals surface area contributed by atoms with E-state index in [9.17, 15) is 9.59 Å². The van der Waals surface area contributed by atoms with Gasteiger partial charge in [-0.3, -0.25) is 9.59 Å². The maximum absolute atomic E-state index is 13.2. The van der Waals surface area contributed by atoms with Crippen molar-refractivity contribution in [2.75, 3.05) is 37.6 Å². The number of piperazine rings is 1. The number of anilines is 1. The average molecular weight is 395 g/mol. The average Bonchev–Trinajstić information content (AvgIpc) is 2.78. The molecule has 6 heteroatoms. The number of aromatic nitrogens is 1. The molecule has 29 heavy (non-hydrogen) atoms. The fourth-order valence-corrected chi connectivity index (χ4v) is 3.69. The van der Waals surface area contributed by atoms with Crippen LogP contribution in [-0.2, 0) is 16.1 Å². The molecule has 0 unspecified atom stereocenters. The summed E-state index contributed by atoms with van der Waals surface area (Å²) in [6.07, 6.45) is 1.78. The lowest BCUT2D eigenvalue weighted by Gasteiger charge is -2.39. The largest absolute Gasteiger partial charge is 0.353 e. The van der Waals surface area contributed by atoms with Gasteiger partial charge in [-0.05, 0) is 38.5 Å². The van der Waals surface area contributed by atoms with Gasteiger partial charge in [-0.15, -0.1) is 0 Å². The first kappa shape index (κ1) is 20.8. The molecule has 0 saturated carbocycles. The molecule has 0 radical (unpaired) electrons. The van der Waals surface area contributed by atoms with Crippen LogP contribution in [0.3, 0.4) is 0 Å². The summed E-state index contributed by atoms with van der Waals surface area (Å²) < 4.78 is 0. The monoisotopic (exact) mass is 394 g/mol. The molecule has 2 aromatic rings. The molecule has 2 amide bonds. The highest BCUT2D eigenvalue weighted by atomic mass is 16.2. The minimum atomic E-state index is -1.09. The Morgan fingerprint density at radius 3 is 2.24 bits per heavy atom.